The molecule has 0 spiro atoms. The second-order valence-electron chi connectivity index (χ2n) is 6.28. The normalized spacial score (nSPS) is 10.9. The topological polar surface area (TPSA) is 71.6 Å². The Kier molecular flexibility index (Phi) is 4.89. The van der Waals surface area contributed by atoms with E-state index in [0.29, 0.717) is 18.1 Å². The minimum Gasteiger partial charge on any atom is -0.493 e. The Labute approximate surface area is 152 Å². The van der Waals surface area contributed by atoms with Crippen LogP contribution < -0.4 is 9.47 Å². The van der Waals surface area contributed by atoms with Crippen LogP contribution in [0.3, 0.4) is 0 Å². The number of carbonyl (C=O) groups is 1. The van der Waals surface area contributed by atoms with Gasteiger partial charge in [0.05, 0.1) is 25.8 Å². The van der Waals surface area contributed by atoms with E-state index in [9.17, 15) is 9.90 Å². The Morgan fingerprint density at radius 1 is 1.15 bits per heavy atom. The Morgan fingerprint density at radius 2 is 1.92 bits per heavy atom. The van der Waals surface area contributed by atoms with Crippen molar-refractivity contribution in [2.45, 2.75) is 27.2 Å². The minimum atomic E-state index is -0.857. The van der Waals surface area contributed by atoms with Crippen molar-refractivity contribution in [3.05, 3.63) is 47.0 Å². The maximum atomic E-state index is 11.5. The van der Waals surface area contributed by atoms with Crippen LogP contribution >= 0.6 is 0 Å². The van der Waals surface area contributed by atoms with Crippen molar-refractivity contribution < 1.29 is 19.4 Å². The van der Waals surface area contributed by atoms with Gasteiger partial charge in [0.25, 0.3) is 0 Å². The molecule has 2 aromatic carbocycles. The summed E-state index contributed by atoms with van der Waals surface area (Å²) in [6.45, 7) is 6.53. The van der Waals surface area contributed by atoms with E-state index in [2.05, 4.69) is 4.98 Å². The van der Waals surface area contributed by atoms with Gasteiger partial charge in [0.15, 0.2) is 11.5 Å². The molecule has 0 amide bonds. The molecule has 0 unspecified atom stereocenters. The average Bonchev–Trinajstić information content (AvgIpc) is 2.97. The first-order chi connectivity index (χ1) is 12.5. The number of aromatic amines is 1. The highest BCUT2D eigenvalue weighted by Crippen LogP contribution is 2.37. The van der Waals surface area contributed by atoms with Crippen LogP contribution in [0.15, 0.2) is 30.3 Å². The molecular formula is C21H23NO4. The molecule has 0 atom stereocenters. The number of aromatic nitrogens is 1. The third-order valence-corrected chi connectivity index (χ3v) is 4.69. The first-order valence-corrected chi connectivity index (χ1v) is 8.60. The van der Waals surface area contributed by atoms with Crippen molar-refractivity contribution >= 4 is 16.9 Å². The molecule has 0 fully saturated rings. The highest BCUT2D eigenvalue weighted by atomic mass is 16.5. The monoisotopic (exact) mass is 353 g/mol. The zero-order valence-electron chi connectivity index (χ0n) is 15.5. The zero-order chi connectivity index (χ0) is 18.8. The van der Waals surface area contributed by atoms with Gasteiger partial charge in [-0.2, -0.15) is 0 Å². The molecule has 2 N–H and O–H groups in total. The molecule has 3 rings (SSSR count). The van der Waals surface area contributed by atoms with E-state index in [-0.39, 0.29) is 6.42 Å². The van der Waals surface area contributed by atoms with Gasteiger partial charge in [-0.25, -0.2) is 0 Å². The largest absolute Gasteiger partial charge is 0.493 e. The Bertz CT molecular complexity index is 972. The number of fused-ring (bicyclic) bond motifs is 1. The van der Waals surface area contributed by atoms with Crippen LogP contribution in [-0.4, -0.2) is 29.8 Å². The molecule has 0 bridgehead atoms. The van der Waals surface area contributed by atoms with Crippen LogP contribution in [0, 0.1) is 13.8 Å². The van der Waals surface area contributed by atoms with Crippen molar-refractivity contribution in [3.8, 4) is 22.8 Å². The highest BCUT2D eigenvalue weighted by molar-refractivity contribution is 5.96. The third kappa shape index (κ3) is 3.12. The van der Waals surface area contributed by atoms with Gasteiger partial charge in [0.1, 0.15) is 0 Å². The van der Waals surface area contributed by atoms with E-state index in [1.165, 1.54) is 0 Å². The Balaban J connectivity index is 2.25. The first kappa shape index (κ1) is 17.9. The van der Waals surface area contributed by atoms with E-state index in [0.717, 1.165) is 38.9 Å². The van der Waals surface area contributed by atoms with Crippen LogP contribution in [0.25, 0.3) is 22.2 Å². The number of H-pyrrole nitrogens is 1. The fourth-order valence-corrected chi connectivity index (χ4v) is 3.25. The number of hydrogen-bond acceptors (Lipinski definition) is 3. The van der Waals surface area contributed by atoms with E-state index in [4.69, 9.17) is 9.47 Å². The Morgan fingerprint density at radius 3 is 2.58 bits per heavy atom. The van der Waals surface area contributed by atoms with Crippen LogP contribution in [-0.2, 0) is 11.2 Å². The van der Waals surface area contributed by atoms with Crippen LogP contribution in [0.1, 0.15) is 23.6 Å². The SMILES string of the molecule is CCOc1cc(-c2[nH]c3c(C)c(C)ccc3c2CC(=O)O)ccc1OC. The molecule has 0 aliphatic carbocycles. The summed E-state index contributed by atoms with van der Waals surface area (Å²) >= 11 is 0. The van der Waals surface area contributed by atoms with Gasteiger partial charge >= 0.3 is 5.97 Å². The minimum absolute atomic E-state index is 0.0478. The predicted octanol–water partition coefficient (Wildman–Crippen LogP) is 4.49. The summed E-state index contributed by atoms with van der Waals surface area (Å²) in [5.74, 6) is 0.433. The lowest BCUT2D eigenvalue weighted by Crippen LogP contribution is -2.01. The number of carboxylic acid groups (broad SMARTS) is 1. The number of benzene rings is 2. The molecule has 5 nitrogen and oxygen atoms in total. The number of aryl methyl sites for hydroxylation is 2. The first-order valence-electron chi connectivity index (χ1n) is 8.60. The predicted molar refractivity (Wildman–Crippen MR) is 102 cm³/mol. The number of carboxylic acids is 1. The lowest BCUT2D eigenvalue weighted by molar-refractivity contribution is -0.136. The number of aliphatic carboxylic acids is 1. The second-order valence-corrected chi connectivity index (χ2v) is 6.28. The fourth-order valence-electron chi connectivity index (χ4n) is 3.25. The quantitative estimate of drug-likeness (QED) is 0.685. The molecule has 5 heteroatoms. The number of nitrogens with one attached hydrogen (secondary N) is 1. The van der Waals surface area contributed by atoms with Gasteiger partial charge in [-0.3, -0.25) is 4.79 Å². The van der Waals surface area contributed by atoms with Crippen molar-refractivity contribution in [1.29, 1.82) is 0 Å². The van der Waals surface area contributed by atoms with Gasteiger partial charge in [-0.05, 0) is 55.7 Å². The fraction of sp³-hybridized carbons (Fsp3) is 0.286. The zero-order valence-corrected chi connectivity index (χ0v) is 15.5. The summed E-state index contributed by atoms with van der Waals surface area (Å²) < 4.78 is 11.0. The van der Waals surface area contributed by atoms with Crippen LogP contribution in [0.5, 0.6) is 11.5 Å². The summed E-state index contributed by atoms with van der Waals surface area (Å²) in [4.78, 5) is 14.9. The van der Waals surface area contributed by atoms with Gasteiger partial charge in [0.2, 0.25) is 0 Å². The van der Waals surface area contributed by atoms with E-state index >= 15 is 0 Å². The number of ether oxygens (including phenoxy) is 2. The molecule has 3 aromatic rings. The smallest absolute Gasteiger partial charge is 0.307 e. The molecule has 0 saturated heterocycles. The molecule has 0 saturated carbocycles. The molecule has 26 heavy (non-hydrogen) atoms. The molecule has 0 aliphatic heterocycles. The summed E-state index contributed by atoms with van der Waals surface area (Å²) in [7, 11) is 1.60. The molecule has 0 radical (unpaired) electrons. The van der Waals surface area contributed by atoms with E-state index in [1.54, 1.807) is 7.11 Å². The van der Waals surface area contributed by atoms with Gasteiger partial charge in [0, 0.05) is 16.5 Å². The highest BCUT2D eigenvalue weighted by Gasteiger charge is 2.19. The lowest BCUT2D eigenvalue weighted by Gasteiger charge is -2.11. The summed E-state index contributed by atoms with van der Waals surface area (Å²) in [6.07, 6.45) is -0.0478. The average molecular weight is 353 g/mol. The molecular weight excluding hydrogens is 330 g/mol. The molecule has 1 aromatic heterocycles. The van der Waals surface area contributed by atoms with Gasteiger partial charge < -0.3 is 19.6 Å². The lowest BCUT2D eigenvalue weighted by atomic mass is 10.00. The summed E-state index contributed by atoms with van der Waals surface area (Å²) in [5.41, 5.74) is 5.72. The van der Waals surface area contributed by atoms with Crippen LogP contribution in [0.4, 0.5) is 0 Å². The van der Waals surface area contributed by atoms with Crippen molar-refractivity contribution in [3.63, 3.8) is 0 Å². The molecule has 1 heterocycles. The maximum absolute atomic E-state index is 11.5. The van der Waals surface area contributed by atoms with E-state index in [1.807, 2.05) is 51.1 Å². The Hall–Kier alpha value is -2.95. The van der Waals surface area contributed by atoms with E-state index < -0.39 is 5.97 Å². The molecule has 0 aliphatic rings. The molecule has 136 valence electrons. The number of hydrogen-bond donors (Lipinski definition) is 2. The number of rotatable bonds is 6. The van der Waals surface area contributed by atoms with Crippen molar-refractivity contribution in [1.82, 2.24) is 4.98 Å². The summed E-state index contributed by atoms with van der Waals surface area (Å²) in [6, 6.07) is 9.66. The van der Waals surface area contributed by atoms with Gasteiger partial charge in [-0.1, -0.05) is 12.1 Å². The maximum Gasteiger partial charge on any atom is 0.307 e. The van der Waals surface area contributed by atoms with Crippen LogP contribution in [0.2, 0.25) is 0 Å². The van der Waals surface area contributed by atoms with Crippen molar-refractivity contribution in [2.75, 3.05) is 13.7 Å². The number of methoxy groups -OCH3 is 1. The van der Waals surface area contributed by atoms with Crippen molar-refractivity contribution in [2.24, 2.45) is 0 Å². The van der Waals surface area contributed by atoms with Gasteiger partial charge in [-0.15, -0.1) is 0 Å². The second kappa shape index (κ2) is 7.12. The summed E-state index contributed by atoms with van der Waals surface area (Å²) in [5, 5.41) is 10.3. The third-order valence-electron chi connectivity index (χ3n) is 4.69. The standard InChI is InChI=1S/C21H23NO4/c1-5-26-18-10-14(7-9-17(18)25-4)21-16(11-19(23)24)15-8-6-12(2)13(3)20(15)22-21/h6-10,22H,5,11H2,1-4H3,(H,23,24).